The maximum Gasteiger partial charge on any atom is 0.224 e. The van der Waals surface area contributed by atoms with Crippen LogP contribution in [0.2, 0.25) is 0 Å². The van der Waals surface area contributed by atoms with E-state index in [9.17, 15) is 4.79 Å². The molecule has 1 aromatic heterocycles. The summed E-state index contributed by atoms with van der Waals surface area (Å²) in [6, 6.07) is 9.58. The van der Waals surface area contributed by atoms with Gasteiger partial charge in [-0.15, -0.1) is 0 Å². The van der Waals surface area contributed by atoms with Crippen LogP contribution in [0.15, 0.2) is 36.5 Å². The smallest absolute Gasteiger partial charge is 0.224 e. The van der Waals surface area contributed by atoms with Crippen molar-refractivity contribution in [2.24, 2.45) is 5.92 Å². The van der Waals surface area contributed by atoms with Crippen molar-refractivity contribution in [1.29, 1.82) is 0 Å². The molecule has 2 aromatic rings. The molecule has 7 heteroatoms. The number of likely N-dealkylation sites (tertiary alicyclic amines) is 1. The van der Waals surface area contributed by atoms with Crippen LogP contribution in [0, 0.1) is 5.92 Å². The molecule has 3 rings (SSSR count). The van der Waals surface area contributed by atoms with Crippen LogP contribution in [-0.4, -0.2) is 49.7 Å². The van der Waals surface area contributed by atoms with Crippen molar-refractivity contribution in [3.63, 3.8) is 0 Å². The van der Waals surface area contributed by atoms with Crippen LogP contribution >= 0.6 is 0 Å². The molecule has 1 aliphatic heterocycles. The summed E-state index contributed by atoms with van der Waals surface area (Å²) in [5, 5.41) is 3.07. The average Bonchev–Trinajstić information content (AvgIpc) is 2.79. The summed E-state index contributed by atoms with van der Waals surface area (Å²) in [4.78, 5) is 19.5. The number of pyridine rings is 1. The second-order valence-corrected chi connectivity index (χ2v) is 7.37. The summed E-state index contributed by atoms with van der Waals surface area (Å²) in [7, 11) is 3.24. The van der Waals surface area contributed by atoms with Crippen molar-refractivity contribution in [3.05, 3.63) is 47.7 Å². The number of benzene rings is 1. The molecule has 1 aliphatic rings. The van der Waals surface area contributed by atoms with Crippen molar-refractivity contribution >= 4 is 5.91 Å². The molecule has 2 heterocycles. The molecule has 0 spiro atoms. The molecule has 1 aromatic carbocycles. The zero-order valence-corrected chi connectivity index (χ0v) is 18.0. The Hall–Kier alpha value is -2.80. The number of hydrogen-bond acceptors (Lipinski definition) is 6. The Morgan fingerprint density at radius 1 is 1.23 bits per heavy atom. The van der Waals surface area contributed by atoms with E-state index in [0.29, 0.717) is 24.8 Å². The first-order valence-electron chi connectivity index (χ1n) is 10.4. The molecule has 0 bridgehead atoms. The van der Waals surface area contributed by atoms with Gasteiger partial charge in [0.25, 0.3) is 0 Å². The Morgan fingerprint density at radius 3 is 2.87 bits per heavy atom. The minimum absolute atomic E-state index is 0.0322. The summed E-state index contributed by atoms with van der Waals surface area (Å²) in [5.41, 5.74) is 1.99. The maximum atomic E-state index is 12.8. The average molecular weight is 414 g/mol. The van der Waals surface area contributed by atoms with Gasteiger partial charge in [0, 0.05) is 43.0 Å². The molecular formula is C23H31N3O4. The van der Waals surface area contributed by atoms with Crippen molar-refractivity contribution in [2.75, 3.05) is 33.9 Å². The van der Waals surface area contributed by atoms with Gasteiger partial charge in [-0.05, 0) is 44.5 Å². The number of rotatable bonds is 9. The fourth-order valence-corrected chi connectivity index (χ4v) is 3.79. The molecule has 30 heavy (non-hydrogen) atoms. The van der Waals surface area contributed by atoms with Gasteiger partial charge in [-0.2, -0.15) is 0 Å². The summed E-state index contributed by atoms with van der Waals surface area (Å²) < 4.78 is 16.3. The highest BCUT2D eigenvalue weighted by Gasteiger charge is 2.26. The van der Waals surface area contributed by atoms with Crippen molar-refractivity contribution in [2.45, 2.75) is 32.9 Å². The molecule has 1 atom stereocenters. The van der Waals surface area contributed by atoms with Crippen molar-refractivity contribution in [3.8, 4) is 17.4 Å². The minimum Gasteiger partial charge on any atom is -0.497 e. The molecule has 1 unspecified atom stereocenters. The van der Waals surface area contributed by atoms with Crippen LogP contribution in [-0.2, 0) is 17.9 Å². The Labute approximate surface area is 178 Å². The molecule has 7 nitrogen and oxygen atoms in total. The third-order valence-electron chi connectivity index (χ3n) is 5.35. The van der Waals surface area contributed by atoms with Crippen LogP contribution in [0.3, 0.4) is 0 Å². The van der Waals surface area contributed by atoms with E-state index in [1.54, 1.807) is 20.4 Å². The Bertz CT molecular complexity index is 843. The number of aromatic nitrogens is 1. The molecule has 1 N–H and O–H groups in total. The molecule has 0 radical (unpaired) electrons. The van der Waals surface area contributed by atoms with Gasteiger partial charge in [0.1, 0.15) is 11.5 Å². The number of piperidine rings is 1. The van der Waals surface area contributed by atoms with Crippen LogP contribution in [0.5, 0.6) is 17.4 Å². The maximum absolute atomic E-state index is 12.8. The lowest BCUT2D eigenvalue weighted by Gasteiger charge is -2.32. The first-order chi connectivity index (χ1) is 14.6. The normalized spacial score (nSPS) is 16.7. The second-order valence-electron chi connectivity index (χ2n) is 7.37. The lowest BCUT2D eigenvalue weighted by Crippen LogP contribution is -2.42. The Morgan fingerprint density at radius 2 is 2.10 bits per heavy atom. The SMILES string of the molecule is CCOc1ncccc1CN1CCCC(C(=O)NCc2ccc(OC)cc2OC)C1. The summed E-state index contributed by atoms with van der Waals surface area (Å²) in [6.45, 7) is 5.41. The lowest BCUT2D eigenvalue weighted by atomic mass is 9.96. The zero-order chi connectivity index (χ0) is 21.3. The van der Waals surface area contributed by atoms with Gasteiger partial charge in [0.05, 0.1) is 26.7 Å². The van der Waals surface area contributed by atoms with Gasteiger partial charge in [-0.3, -0.25) is 9.69 Å². The number of hydrogen-bond donors (Lipinski definition) is 1. The van der Waals surface area contributed by atoms with E-state index in [0.717, 1.165) is 49.4 Å². The van der Waals surface area contributed by atoms with Crippen LogP contribution in [0.25, 0.3) is 0 Å². The van der Waals surface area contributed by atoms with Crippen molar-refractivity contribution < 1.29 is 19.0 Å². The third kappa shape index (κ3) is 5.63. The fourth-order valence-electron chi connectivity index (χ4n) is 3.79. The Kier molecular flexibility index (Phi) is 7.90. The predicted octanol–water partition coefficient (Wildman–Crippen LogP) is 3.03. The number of amides is 1. The van der Waals surface area contributed by atoms with Gasteiger partial charge in [-0.25, -0.2) is 4.98 Å². The molecule has 0 aliphatic carbocycles. The van der Waals surface area contributed by atoms with E-state index in [-0.39, 0.29) is 11.8 Å². The molecule has 1 saturated heterocycles. The second kappa shape index (κ2) is 10.8. The third-order valence-corrected chi connectivity index (χ3v) is 5.35. The van der Waals surface area contributed by atoms with Crippen LogP contribution in [0.1, 0.15) is 30.9 Å². The first kappa shape index (κ1) is 21.9. The van der Waals surface area contributed by atoms with E-state index in [1.165, 1.54) is 0 Å². The van der Waals surface area contributed by atoms with E-state index < -0.39 is 0 Å². The van der Waals surface area contributed by atoms with E-state index in [1.807, 2.05) is 37.3 Å². The van der Waals surface area contributed by atoms with E-state index in [4.69, 9.17) is 14.2 Å². The highest BCUT2D eigenvalue weighted by atomic mass is 16.5. The van der Waals surface area contributed by atoms with Gasteiger partial charge in [-0.1, -0.05) is 6.07 Å². The molecule has 0 saturated carbocycles. The van der Waals surface area contributed by atoms with Gasteiger partial charge in [0.2, 0.25) is 11.8 Å². The highest BCUT2D eigenvalue weighted by Crippen LogP contribution is 2.25. The minimum atomic E-state index is -0.0322. The van der Waals surface area contributed by atoms with Gasteiger partial charge in [0.15, 0.2) is 0 Å². The summed E-state index contributed by atoms with van der Waals surface area (Å²) >= 11 is 0. The quantitative estimate of drug-likeness (QED) is 0.681. The number of carbonyl (C=O) groups is 1. The van der Waals surface area contributed by atoms with Crippen molar-refractivity contribution in [1.82, 2.24) is 15.2 Å². The molecular weight excluding hydrogens is 382 g/mol. The highest BCUT2D eigenvalue weighted by molar-refractivity contribution is 5.79. The van der Waals surface area contributed by atoms with E-state index >= 15 is 0 Å². The fraction of sp³-hybridized carbons (Fsp3) is 0.478. The summed E-state index contributed by atoms with van der Waals surface area (Å²) in [5.74, 6) is 2.16. The molecule has 162 valence electrons. The topological polar surface area (TPSA) is 72.9 Å². The monoisotopic (exact) mass is 413 g/mol. The van der Waals surface area contributed by atoms with Crippen LogP contribution in [0.4, 0.5) is 0 Å². The van der Waals surface area contributed by atoms with E-state index in [2.05, 4.69) is 15.2 Å². The first-order valence-corrected chi connectivity index (χ1v) is 10.4. The largest absolute Gasteiger partial charge is 0.497 e. The molecule has 1 fully saturated rings. The number of nitrogens with one attached hydrogen (secondary N) is 1. The van der Waals surface area contributed by atoms with Gasteiger partial charge < -0.3 is 19.5 Å². The predicted molar refractivity (Wildman–Crippen MR) is 115 cm³/mol. The number of nitrogens with zero attached hydrogens (tertiary/aromatic N) is 2. The standard InChI is InChI=1S/C23H31N3O4/c1-4-30-23-19(7-5-11-24-23)16-26-12-6-8-18(15-26)22(27)25-14-17-9-10-20(28-2)13-21(17)29-3/h5,7,9-11,13,18H,4,6,8,12,14-16H2,1-3H3,(H,25,27). The number of methoxy groups -OCH3 is 2. The Balaban J connectivity index is 1.57. The summed E-state index contributed by atoms with van der Waals surface area (Å²) in [6.07, 6.45) is 3.63. The number of carbonyl (C=O) groups excluding carboxylic acids is 1. The zero-order valence-electron chi connectivity index (χ0n) is 18.0. The lowest BCUT2D eigenvalue weighted by molar-refractivity contribution is -0.126. The molecule has 1 amide bonds. The van der Waals surface area contributed by atoms with Crippen LogP contribution < -0.4 is 19.5 Å². The van der Waals surface area contributed by atoms with Gasteiger partial charge >= 0.3 is 0 Å². The number of ether oxygens (including phenoxy) is 3.